The zero-order valence-electron chi connectivity index (χ0n) is 11.7. The van der Waals surface area contributed by atoms with Crippen molar-refractivity contribution in [2.45, 2.75) is 24.8 Å². The molecule has 108 valence electrons. The average Bonchev–Trinajstić information content (AvgIpc) is 3.10. The summed E-state index contributed by atoms with van der Waals surface area (Å²) in [6.07, 6.45) is 3.73. The first-order valence-electron chi connectivity index (χ1n) is 7.29. The van der Waals surface area contributed by atoms with E-state index in [0.29, 0.717) is 0 Å². The van der Waals surface area contributed by atoms with E-state index in [-0.39, 0.29) is 11.3 Å². The number of nitrogens with one attached hydrogen (secondary N) is 1. The van der Waals surface area contributed by atoms with Gasteiger partial charge < -0.3 is 5.32 Å². The SMILES string of the molecule is O=C1Nc2ccccc2C12CCN(Cc1cncs1)CC2. The van der Waals surface area contributed by atoms with Crippen LogP contribution in [0.1, 0.15) is 23.3 Å². The molecular weight excluding hydrogens is 282 g/mol. The van der Waals surface area contributed by atoms with E-state index < -0.39 is 0 Å². The van der Waals surface area contributed by atoms with Gasteiger partial charge in [0.25, 0.3) is 0 Å². The predicted octanol–water partition coefficient (Wildman–Crippen LogP) is 2.63. The Kier molecular flexibility index (Phi) is 3.05. The number of hydrogen-bond donors (Lipinski definition) is 1. The Bertz CT molecular complexity index is 660. The summed E-state index contributed by atoms with van der Waals surface area (Å²) in [6.45, 7) is 2.86. The number of likely N-dealkylation sites (tertiary alicyclic amines) is 1. The summed E-state index contributed by atoms with van der Waals surface area (Å²) < 4.78 is 0. The number of thiazole rings is 1. The molecule has 1 amide bonds. The Balaban J connectivity index is 1.53. The summed E-state index contributed by atoms with van der Waals surface area (Å²) in [5.74, 6) is 0.182. The molecule has 4 rings (SSSR count). The summed E-state index contributed by atoms with van der Waals surface area (Å²) in [5, 5.41) is 3.05. The van der Waals surface area contributed by atoms with E-state index in [1.807, 2.05) is 29.9 Å². The maximum atomic E-state index is 12.5. The van der Waals surface area contributed by atoms with E-state index in [1.165, 1.54) is 10.4 Å². The van der Waals surface area contributed by atoms with Gasteiger partial charge in [0.2, 0.25) is 5.91 Å². The summed E-state index contributed by atoms with van der Waals surface area (Å²) in [7, 11) is 0. The first-order chi connectivity index (χ1) is 10.3. The molecule has 0 unspecified atom stereocenters. The molecule has 1 fully saturated rings. The number of hydrogen-bond acceptors (Lipinski definition) is 4. The van der Waals surface area contributed by atoms with Gasteiger partial charge in [-0.1, -0.05) is 18.2 Å². The van der Waals surface area contributed by atoms with Crippen LogP contribution in [-0.2, 0) is 16.8 Å². The van der Waals surface area contributed by atoms with Crippen LogP contribution in [0.25, 0.3) is 0 Å². The molecule has 0 atom stereocenters. The first-order valence-corrected chi connectivity index (χ1v) is 8.17. The number of carbonyl (C=O) groups excluding carboxylic acids is 1. The average molecular weight is 299 g/mol. The number of benzene rings is 1. The molecule has 1 aromatic heterocycles. The Labute approximate surface area is 127 Å². The van der Waals surface area contributed by atoms with Gasteiger partial charge in [-0.15, -0.1) is 11.3 Å². The fourth-order valence-electron chi connectivity index (χ4n) is 3.50. The zero-order valence-corrected chi connectivity index (χ0v) is 12.5. The van der Waals surface area contributed by atoms with Crippen LogP contribution in [0.4, 0.5) is 5.69 Å². The second-order valence-electron chi connectivity index (χ2n) is 5.83. The monoisotopic (exact) mass is 299 g/mol. The van der Waals surface area contributed by atoms with Gasteiger partial charge >= 0.3 is 0 Å². The highest BCUT2D eigenvalue weighted by atomic mass is 32.1. The van der Waals surface area contributed by atoms with Gasteiger partial charge in [0.05, 0.1) is 10.9 Å². The van der Waals surface area contributed by atoms with Crippen molar-refractivity contribution >= 4 is 22.9 Å². The third-order valence-electron chi connectivity index (χ3n) is 4.70. The molecule has 1 saturated heterocycles. The smallest absolute Gasteiger partial charge is 0.235 e. The quantitative estimate of drug-likeness (QED) is 0.927. The van der Waals surface area contributed by atoms with Gasteiger partial charge in [0.1, 0.15) is 0 Å². The number of carbonyl (C=O) groups is 1. The lowest BCUT2D eigenvalue weighted by Gasteiger charge is -2.37. The molecule has 2 aliphatic heterocycles. The van der Waals surface area contributed by atoms with Crippen LogP contribution in [0, 0.1) is 0 Å². The molecule has 2 aromatic rings. The molecule has 0 aliphatic carbocycles. The minimum atomic E-state index is -0.305. The largest absolute Gasteiger partial charge is 0.325 e. The highest BCUT2D eigenvalue weighted by Gasteiger charge is 2.48. The fourth-order valence-corrected chi connectivity index (χ4v) is 4.14. The van der Waals surface area contributed by atoms with Crippen LogP contribution in [0.5, 0.6) is 0 Å². The van der Waals surface area contributed by atoms with Crippen molar-refractivity contribution in [3.05, 3.63) is 46.4 Å². The minimum Gasteiger partial charge on any atom is -0.325 e. The van der Waals surface area contributed by atoms with Crippen LogP contribution >= 0.6 is 11.3 Å². The number of amides is 1. The number of fused-ring (bicyclic) bond motifs is 2. The predicted molar refractivity (Wildman–Crippen MR) is 83.4 cm³/mol. The first kappa shape index (κ1) is 13.0. The highest BCUT2D eigenvalue weighted by molar-refractivity contribution is 7.09. The number of aromatic nitrogens is 1. The highest BCUT2D eigenvalue weighted by Crippen LogP contribution is 2.44. The normalized spacial score (nSPS) is 20.5. The van der Waals surface area contributed by atoms with E-state index >= 15 is 0 Å². The van der Waals surface area contributed by atoms with E-state index in [9.17, 15) is 4.79 Å². The topological polar surface area (TPSA) is 45.2 Å². The maximum Gasteiger partial charge on any atom is 0.235 e. The molecule has 0 radical (unpaired) electrons. The second kappa shape index (κ2) is 4.93. The fraction of sp³-hybridized carbons (Fsp3) is 0.375. The Morgan fingerprint density at radius 1 is 1.29 bits per heavy atom. The molecule has 0 saturated carbocycles. The van der Waals surface area contributed by atoms with Gasteiger partial charge in [-0.25, -0.2) is 0 Å². The van der Waals surface area contributed by atoms with Crippen molar-refractivity contribution in [3.63, 3.8) is 0 Å². The lowest BCUT2D eigenvalue weighted by molar-refractivity contribution is -0.122. The number of piperidine rings is 1. The van der Waals surface area contributed by atoms with Crippen LogP contribution < -0.4 is 5.32 Å². The van der Waals surface area contributed by atoms with Crippen molar-refractivity contribution in [3.8, 4) is 0 Å². The standard InChI is InChI=1S/C16H17N3OS/c20-15-16(13-3-1-2-4-14(13)18-15)5-7-19(8-6-16)10-12-9-17-11-21-12/h1-4,9,11H,5-8,10H2,(H,18,20). The van der Waals surface area contributed by atoms with Crippen molar-refractivity contribution in [2.75, 3.05) is 18.4 Å². The molecule has 1 N–H and O–H groups in total. The van der Waals surface area contributed by atoms with E-state index in [1.54, 1.807) is 11.3 Å². The van der Waals surface area contributed by atoms with E-state index in [4.69, 9.17) is 0 Å². The molecule has 4 nitrogen and oxygen atoms in total. The molecule has 1 spiro atoms. The van der Waals surface area contributed by atoms with E-state index in [2.05, 4.69) is 21.3 Å². The lowest BCUT2D eigenvalue weighted by atomic mass is 9.73. The summed E-state index contributed by atoms with van der Waals surface area (Å²) in [4.78, 5) is 20.3. The molecule has 1 aromatic carbocycles. The zero-order chi connectivity index (χ0) is 14.3. The van der Waals surface area contributed by atoms with Gasteiger partial charge in [0.15, 0.2) is 0 Å². The number of anilines is 1. The Morgan fingerprint density at radius 2 is 2.10 bits per heavy atom. The Hall–Kier alpha value is -1.72. The summed E-state index contributed by atoms with van der Waals surface area (Å²) in [6, 6.07) is 8.12. The molecule has 0 bridgehead atoms. The Morgan fingerprint density at radius 3 is 2.86 bits per heavy atom. The third kappa shape index (κ3) is 2.08. The summed E-state index contributed by atoms with van der Waals surface area (Å²) in [5.41, 5.74) is 3.76. The van der Waals surface area contributed by atoms with Crippen LogP contribution in [0.3, 0.4) is 0 Å². The van der Waals surface area contributed by atoms with Crippen molar-refractivity contribution in [1.29, 1.82) is 0 Å². The van der Waals surface area contributed by atoms with Crippen LogP contribution in [0.15, 0.2) is 36.0 Å². The van der Waals surface area contributed by atoms with E-state index in [0.717, 1.165) is 38.2 Å². The van der Waals surface area contributed by atoms with Gasteiger partial charge in [-0.05, 0) is 37.6 Å². The second-order valence-corrected chi connectivity index (χ2v) is 6.80. The molecular formula is C16H17N3OS. The third-order valence-corrected chi connectivity index (χ3v) is 5.46. The number of rotatable bonds is 2. The molecule has 3 heterocycles. The number of nitrogens with zero attached hydrogens (tertiary/aromatic N) is 2. The van der Waals surface area contributed by atoms with Gasteiger partial charge in [-0.2, -0.15) is 0 Å². The number of para-hydroxylation sites is 1. The minimum absolute atomic E-state index is 0.182. The summed E-state index contributed by atoms with van der Waals surface area (Å²) >= 11 is 1.70. The van der Waals surface area contributed by atoms with Gasteiger partial charge in [0, 0.05) is 23.3 Å². The molecule has 21 heavy (non-hydrogen) atoms. The molecule has 5 heteroatoms. The van der Waals surface area contributed by atoms with Crippen molar-refractivity contribution in [2.24, 2.45) is 0 Å². The van der Waals surface area contributed by atoms with Crippen molar-refractivity contribution < 1.29 is 4.79 Å². The lowest BCUT2D eigenvalue weighted by Crippen LogP contribution is -2.46. The van der Waals surface area contributed by atoms with Crippen LogP contribution in [0.2, 0.25) is 0 Å². The van der Waals surface area contributed by atoms with Crippen LogP contribution in [-0.4, -0.2) is 28.9 Å². The van der Waals surface area contributed by atoms with Crippen molar-refractivity contribution in [1.82, 2.24) is 9.88 Å². The maximum absolute atomic E-state index is 12.5. The van der Waals surface area contributed by atoms with Gasteiger partial charge in [-0.3, -0.25) is 14.7 Å². The molecule has 2 aliphatic rings.